The number of benzene rings is 1. The van der Waals surface area contributed by atoms with Crippen LogP contribution in [0.1, 0.15) is 52.5 Å². The van der Waals surface area contributed by atoms with Crippen LogP contribution in [0.5, 0.6) is 0 Å². The van der Waals surface area contributed by atoms with Gasteiger partial charge in [0.25, 0.3) is 0 Å². The van der Waals surface area contributed by atoms with Gasteiger partial charge in [0, 0.05) is 5.92 Å². The van der Waals surface area contributed by atoms with Gasteiger partial charge in [-0.25, -0.2) is 4.79 Å². The molecule has 24 heavy (non-hydrogen) atoms. The lowest BCUT2D eigenvalue weighted by Gasteiger charge is -2.44. The maximum atomic E-state index is 12.2. The molecule has 0 aromatic heterocycles. The Labute approximate surface area is 149 Å². The van der Waals surface area contributed by atoms with E-state index < -0.39 is 11.3 Å². The van der Waals surface area contributed by atoms with Gasteiger partial charge in [0.05, 0.1) is 0 Å². The minimum atomic E-state index is -1.21. The summed E-state index contributed by atoms with van der Waals surface area (Å²) in [5.74, 6) is -0.283. The lowest BCUT2D eigenvalue weighted by atomic mass is 9.64. The highest BCUT2D eigenvalue weighted by atomic mass is 35.5. The Morgan fingerprint density at radius 3 is 2.42 bits per heavy atom. The molecule has 1 fully saturated rings. The van der Waals surface area contributed by atoms with Gasteiger partial charge in [0.2, 0.25) is 0 Å². The molecule has 0 bridgehead atoms. The first-order valence-electron chi connectivity index (χ1n) is 8.64. The third kappa shape index (κ3) is 4.18. The van der Waals surface area contributed by atoms with Gasteiger partial charge in [0.1, 0.15) is 6.10 Å². The first kappa shape index (κ1) is 19.0. The molecule has 3 nitrogen and oxygen atoms in total. The third-order valence-corrected chi connectivity index (χ3v) is 5.82. The minimum Gasteiger partial charge on any atom is -0.461 e. The summed E-state index contributed by atoms with van der Waals surface area (Å²) in [4.78, 5) is 23.6. The Balaban J connectivity index is 2.22. The van der Waals surface area contributed by atoms with E-state index in [0.29, 0.717) is 5.92 Å². The summed E-state index contributed by atoms with van der Waals surface area (Å²) in [6.45, 7) is 7.89. The maximum absolute atomic E-state index is 12.2. The van der Waals surface area contributed by atoms with Crippen molar-refractivity contribution in [2.45, 2.75) is 63.9 Å². The molecule has 1 aliphatic rings. The van der Waals surface area contributed by atoms with Gasteiger partial charge < -0.3 is 4.74 Å². The van der Waals surface area contributed by atoms with Crippen LogP contribution in [-0.2, 0) is 19.7 Å². The summed E-state index contributed by atoms with van der Waals surface area (Å²) in [5, 5.41) is -1.21. The number of alkyl halides is 1. The Morgan fingerprint density at radius 1 is 1.21 bits per heavy atom. The van der Waals surface area contributed by atoms with Crippen molar-refractivity contribution in [3.05, 3.63) is 35.9 Å². The Bertz CT molecular complexity index is 582. The Hall–Kier alpha value is -1.35. The van der Waals surface area contributed by atoms with Gasteiger partial charge in [-0.1, -0.05) is 57.5 Å². The van der Waals surface area contributed by atoms with Gasteiger partial charge in [-0.05, 0) is 36.7 Å². The number of carbonyl (C=O) groups excluding carboxylic acids is 2. The van der Waals surface area contributed by atoms with E-state index in [4.69, 9.17) is 16.3 Å². The molecule has 1 unspecified atom stereocenters. The third-order valence-electron chi connectivity index (χ3n) is 5.33. The average molecular weight is 351 g/mol. The van der Waals surface area contributed by atoms with Gasteiger partial charge in [-0.3, -0.25) is 4.79 Å². The van der Waals surface area contributed by atoms with Crippen molar-refractivity contribution in [2.24, 2.45) is 11.8 Å². The number of ether oxygens (including phenoxy) is 1. The summed E-state index contributed by atoms with van der Waals surface area (Å²) in [6.07, 6.45) is 2.71. The van der Waals surface area contributed by atoms with Crippen LogP contribution in [0.2, 0.25) is 0 Å². The van der Waals surface area contributed by atoms with E-state index in [2.05, 4.69) is 32.9 Å². The first-order chi connectivity index (χ1) is 11.2. The average Bonchev–Trinajstić information content (AvgIpc) is 2.54. The minimum absolute atomic E-state index is 0.121. The van der Waals surface area contributed by atoms with E-state index in [1.54, 1.807) is 0 Å². The van der Waals surface area contributed by atoms with Gasteiger partial charge in [0.15, 0.2) is 11.2 Å². The Morgan fingerprint density at radius 2 is 1.83 bits per heavy atom. The molecule has 0 heterocycles. The second-order valence-corrected chi connectivity index (χ2v) is 8.00. The molecule has 0 amide bonds. The molecule has 4 heteroatoms. The molecule has 1 aromatic rings. The van der Waals surface area contributed by atoms with Crippen LogP contribution in [0.25, 0.3) is 0 Å². The number of rotatable bonds is 5. The number of ketones is 1. The van der Waals surface area contributed by atoms with Crippen molar-refractivity contribution in [1.82, 2.24) is 0 Å². The fourth-order valence-corrected chi connectivity index (χ4v) is 3.79. The fourth-order valence-electron chi connectivity index (χ4n) is 3.74. The number of Topliss-reactive ketones (excluding diaryl/α,β-unsaturated/α-hetero) is 1. The molecule has 0 aliphatic heterocycles. The summed E-state index contributed by atoms with van der Waals surface area (Å²) < 4.78 is 5.71. The molecule has 1 saturated carbocycles. The van der Waals surface area contributed by atoms with Crippen LogP contribution >= 0.6 is 11.6 Å². The number of halogens is 1. The van der Waals surface area contributed by atoms with E-state index >= 15 is 0 Å². The van der Waals surface area contributed by atoms with E-state index in [1.807, 2.05) is 18.2 Å². The first-order valence-corrected chi connectivity index (χ1v) is 9.07. The lowest BCUT2D eigenvalue weighted by Crippen LogP contribution is -2.44. The molecule has 132 valence electrons. The zero-order valence-electron chi connectivity index (χ0n) is 14.9. The van der Waals surface area contributed by atoms with Crippen LogP contribution in [0, 0.1) is 11.8 Å². The summed E-state index contributed by atoms with van der Waals surface area (Å²) in [6, 6.07) is 10.3. The largest absolute Gasteiger partial charge is 0.461 e. The summed E-state index contributed by atoms with van der Waals surface area (Å²) in [7, 11) is 0. The predicted octanol–water partition coefficient (Wildman–Crippen LogP) is 4.51. The molecule has 0 N–H and O–H groups in total. The molecular weight excluding hydrogens is 324 g/mol. The van der Waals surface area contributed by atoms with Crippen molar-refractivity contribution in [3.8, 4) is 0 Å². The SMILES string of the molecule is CC(=O)C(Cl)C(=O)O[C@@H]1C[C@H](C)CC[C@H]1C(C)(C)c1ccccc1. The topological polar surface area (TPSA) is 43.4 Å². The highest BCUT2D eigenvalue weighted by Crippen LogP contribution is 2.43. The van der Waals surface area contributed by atoms with Gasteiger partial charge in [-0.2, -0.15) is 0 Å². The van der Waals surface area contributed by atoms with Crippen molar-refractivity contribution >= 4 is 23.4 Å². The van der Waals surface area contributed by atoms with Crippen LogP contribution in [0.3, 0.4) is 0 Å². The molecule has 0 spiro atoms. The molecule has 4 atom stereocenters. The van der Waals surface area contributed by atoms with Crippen molar-refractivity contribution in [1.29, 1.82) is 0 Å². The van der Waals surface area contributed by atoms with Gasteiger partial charge >= 0.3 is 5.97 Å². The number of carbonyl (C=O) groups is 2. The number of hydrogen-bond acceptors (Lipinski definition) is 3. The van der Waals surface area contributed by atoms with Crippen molar-refractivity contribution < 1.29 is 14.3 Å². The summed E-state index contributed by atoms with van der Waals surface area (Å²) >= 11 is 5.88. The van der Waals surface area contributed by atoms with E-state index in [1.165, 1.54) is 12.5 Å². The van der Waals surface area contributed by atoms with Crippen LogP contribution in [-0.4, -0.2) is 23.2 Å². The highest BCUT2D eigenvalue weighted by Gasteiger charge is 2.42. The van der Waals surface area contributed by atoms with Crippen LogP contribution in [0.15, 0.2) is 30.3 Å². The highest BCUT2D eigenvalue weighted by molar-refractivity contribution is 6.40. The van der Waals surface area contributed by atoms with Crippen LogP contribution < -0.4 is 0 Å². The van der Waals surface area contributed by atoms with Crippen molar-refractivity contribution in [2.75, 3.05) is 0 Å². The second kappa shape index (κ2) is 7.69. The Kier molecular flexibility index (Phi) is 6.08. The summed E-state index contributed by atoms with van der Waals surface area (Å²) in [5.41, 5.74) is 1.12. The number of hydrogen-bond donors (Lipinski definition) is 0. The van der Waals surface area contributed by atoms with E-state index in [9.17, 15) is 9.59 Å². The van der Waals surface area contributed by atoms with E-state index in [0.717, 1.165) is 19.3 Å². The molecule has 1 aromatic carbocycles. The standard InChI is InChI=1S/C20H27ClO3/c1-13-10-11-16(20(3,4)15-8-6-5-7-9-15)17(12-13)24-19(23)18(21)14(2)22/h5-9,13,16-18H,10-12H2,1-4H3/t13-,16-,17-,18?/m1/s1. The fraction of sp³-hybridized carbons (Fsp3) is 0.600. The van der Waals surface area contributed by atoms with E-state index in [-0.39, 0.29) is 23.2 Å². The smallest absolute Gasteiger partial charge is 0.332 e. The molecule has 0 radical (unpaired) electrons. The van der Waals surface area contributed by atoms with Crippen molar-refractivity contribution in [3.63, 3.8) is 0 Å². The second-order valence-electron chi connectivity index (χ2n) is 7.56. The van der Waals surface area contributed by atoms with Crippen LogP contribution in [0.4, 0.5) is 0 Å². The molecular formula is C20H27ClO3. The van der Waals surface area contributed by atoms with Gasteiger partial charge in [-0.15, -0.1) is 11.6 Å². The monoisotopic (exact) mass is 350 g/mol. The maximum Gasteiger partial charge on any atom is 0.332 e. The quantitative estimate of drug-likeness (QED) is 0.446. The molecule has 0 saturated heterocycles. The zero-order chi connectivity index (χ0) is 17.9. The number of esters is 1. The normalized spacial score (nSPS) is 25.8. The predicted molar refractivity (Wildman–Crippen MR) is 96.2 cm³/mol. The molecule has 2 rings (SSSR count). The molecule has 1 aliphatic carbocycles. The lowest BCUT2D eigenvalue weighted by molar-refractivity contribution is -0.157. The zero-order valence-corrected chi connectivity index (χ0v) is 15.7.